The number of likely N-dealkylation sites (tertiary alicyclic amines) is 2. The third kappa shape index (κ3) is 5.58. The summed E-state index contributed by atoms with van der Waals surface area (Å²) in [6.45, 7) is 8.24. The molecule has 12 heteroatoms. The van der Waals surface area contributed by atoms with E-state index in [1.807, 2.05) is 65.1 Å². The number of piperidine rings is 1. The van der Waals surface area contributed by atoms with Crippen molar-refractivity contribution >= 4 is 28.6 Å². The molecule has 0 radical (unpaired) electrons. The van der Waals surface area contributed by atoms with Crippen LogP contribution in [-0.4, -0.2) is 90.8 Å². The molecule has 1 aromatic carbocycles. The molecule has 1 amide bonds. The average Bonchev–Trinajstić information content (AvgIpc) is 3.81. The van der Waals surface area contributed by atoms with Gasteiger partial charge in [0, 0.05) is 61.8 Å². The van der Waals surface area contributed by atoms with Crippen LogP contribution in [0.3, 0.4) is 0 Å². The molecule has 3 aliphatic rings. The van der Waals surface area contributed by atoms with Gasteiger partial charge in [0.15, 0.2) is 11.5 Å². The number of ether oxygens (including phenoxy) is 2. The van der Waals surface area contributed by atoms with Crippen molar-refractivity contribution in [3.8, 4) is 11.5 Å². The Balaban J connectivity index is 0.908. The summed E-state index contributed by atoms with van der Waals surface area (Å²) in [4.78, 5) is 26.2. The molecule has 8 rings (SSSR count). The largest absolute Gasteiger partial charge is 0.457 e. The first kappa shape index (κ1) is 28.6. The lowest BCUT2D eigenvalue weighted by molar-refractivity contribution is -0.127. The van der Waals surface area contributed by atoms with Crippen LogP contribution in [0.5, 0.6) is 11.5 Å². The molecular formula is C34H37N9O3. The summed E-state index contributed by atoms with van der Waals surface area (Å²) in [6, 6.07) is 11.9. The van der Waals surface area contributed by atoms with Gasteiger partial charge in [-0.05, 0) is 80.1 Å². The first-order valence-corrected chi connectivity index (χ1v) is 15.9. The Labute approximate surface area is 266 Å². The molecule has 3 fully saturated rings. The average molecular weight is 620 g/mol. The van der Waals surface area contributed by atoms with Crippen molar-refractivity contribution in [1.29, 1.82) is 0 Å². The third-order valence-corrected chi connectivity index (χ3v) is 9.61. The second kappa shape index (κ2) is 11.8. The Morgan fingerprint density at radius 1 is 1.04 bits per heavy atom. The fraction of sp³-hybridized carbons (Fsp3) is 0.382. The van der Waals surface area contributed by atoms with Gasteiger partial charge in [-0.25, -0.2) is 19.0 Å². The summed E-state index contributed by atoms with van der Waals surface area (Å²) in [5.74, 6) is 2.63. The molecule has 236 valence electrons. The number of aromatic nitrogens is 6. The van der Waals surface area contributed by atoms with Gasteiger partial charge in [0.25, 0.3) is 0 Å². The Bertz CT molecular complexity index is 1920. The zero-order valence-electron chi connectivity index (χ0n) is 25.9. The summed E-state index contributed by atoms with van der Waals surface area (Å²) in [5.41, 5.74) is 5.15. The Hall–Kier alpha value is -4.81. The van der Waals surface area contributed by atoms with Crippen LogP contribution in [0.4, 0.5) is 11.5 Å². The molecule has 4 aromatic heterocycles. The molecule has 0 saturated carbocycles. The van der Waals surface area contributed by atoms with Crippen LogP contribution >= 0.6 is 0 Å². The van der Waals surface area contributed by atoms with Gasteiger partial charge in [0.05, 0.1) is 13.2 Å². The number of pyridine rings is 1. The first-order valence-electron chi connectivity index (χ1n) is 15.9. The minimum absolute atomic E-state index is 0.105. The van der Waals surface area contributed by atoms with Gasteiger partial charge in [0.1, 0.15) is 29.7 Å². The molecule has 0 aliphatic carbocycles. The highest BCUT2D eigenvalue weighted by molar-refractivity contribution is 5.87. The fourth-order valence-electron chi connectivity index (χ4n) is 6.99. The van der Waals surface area contributed by atoms with Crippen LogP contribution in [0.15, 0.2) is 73.6 Å². The van der Waals surface area contributed by atoms with E-state index in [0.717, 1.165) is 92.8 Å². The Kier molecular flexibility index (Phi) is 7.38. The number of nitrogens with zero attached hydrogens (tertiary/aromatic N) is 8. The number of nitrogens with one attached hydrogen (secondary N) is 1. The number of fused-ring (bicyclic) bond motifs is 2. The second-order valence-corrected chi connectivity index (χ2v) is 12.8. The van der Waals surface area contributed by atoms with Gasteiger partial charge in [-0.1, -0.05) is 6.08 Å². The smallest absolute Gasteiger partial charge is 0.246 e. The van der Waals surface area contributed by atoms with Crippen molar-refractivity contribution in [2.45, 2.75) is 32.1 Å². The quantitative estimate of drug-likeness (QED) is 0.249. The standard InChI is InChI=1S/C34H37N9O3/c1-24-17-26(4-5-29(24)46-27-8-14-42-30(18-27)35-22-37-42)39-33-32-28(9-15-43(32)38-23-36-33)25-6-12-41(13-7-25)31(44)3-2-11-40-16-10-34(19-40)20-45-21-34/h2-5,8-9,14-15,17-18,22-23,25H,6-7,10-13,16,19-21H2,1H3,(H,36,38,39)/b3-2+. The maximum atomic E-state index is 13.0. The molecule has 46 heavy (non-hydrogen) atoms. The topological polar surface area (TPSA) is 114 Å². The lowest BCUT2D eigenvalue weighted by atomic mass is 9.85. The molecule has 0 bridgehead atoms. The molecule has 7 heterocycles. The highest BCUT2D eigenvalue weighted by Crippen LogP contribution is 2.38. The van der Waals surface area contributed by atoms with Gasteiger partial charge < -0.3 is 19.7 Å². The van der Waals surface area contributed by atoms with Crippen LogP contribution in [0.2, 0.25) is 0 Å². The minimum atomic E-state index is 0.105. The van der Waals surface area contributed by atoms with Crippen LogP contribution in [-0.2, 0) is 9.53 Å². The molecule has 5 aromatic rings. The number of anilines is 2. The van der Waals surface area contributed by atoms with E-state index in [1.165, 1.54) is 18.3 Å². The summed E-state index contributed by atoms with van der Waals surface area (Å²) < 4.78 is 15.2. The molecule has 1 N–H and O–H groups in total. The van der Waals surface area contributed by atoms with Crippen LogP contribution in [0, 0.1) is 12.3 Å². The maximum Gasteiger partial charge on any atom is 0.246 e. The van der Waals surface area contributed by atoms with Crippen molar-refractivity contribution in [2.24, 2.45) is 5.41 Å². The lowest BCUT2D eigenvalue weighted by Gasteiger charge is -2.37. The predicted octanol–water partition coefficient (Wildman–Crippen LogP) is 4.60. The van der Waals surface area contributed by atoms with E-state index in [4.69, 9.17) is 9.47 Å². The SMILES string of the molecule is Cc1cc(Nc2ncnn3ccc(C4CCN(C(=O)/C=C/CN5CCC6(COC6)C5)CC4)c23)ccc1Oc1ccn2ncnc2c1. The number of amides is 1. The fourth-order valence-corrected chi connectivity index (χ4v) is 6.99. The normalized spacial score (nSPS) is 18.6. The molecule has 0 unspecified atom stereocenters. The number of benzene rings is 1. The molecule has 1 spiro atoms. The monoisotopic (exact) mass is 619 g/mol. The second-order valence-electron chi connectivity index (χ2n) is 12.8. The van der Waals surface area contributed by atoms with Crippen molar-refractivity contribution in [1.82, 2.24) is 39.0 Å². The van der Waals surface area contributed by atoms with Crippen LogP contribution in [0.1, 0.15) is 36.3 Å². The summed E-state index contributed by atoms with van der Waals surface area (Å²) in [6.07, 6.45) is 13.7. The number of carbonyl (C=O) groups is 1. The van der Waals surface area contributed by atoms with E-state index in [0.29, 0.717) is 17.1 Å². The first-order chi connectivity index (χ1) is 22.5. The number of hydrogen-bond donors (Lipinski definition) is 1. The molecular weight excluding hydrogens is 582 g/mol. The highest BCUT2D eigenvalue weighted by Gasteiger charge is 2.43. The maximum absolute atomic E-state index is 13.0. The van der Waals surface area contributed by atoms with Crippen molar-refractivity contribution < 1.29 is 14.3 Å². The molecule has 3 aliphatic heterocycles. The summed E-state index contributed by atoms with van der Waals surface area (Å²) >= 11 is 0. The molecule has 3 saturated heterocycles. The molecule has 12 nitrogen and oxygen atoms in total. The lowest BCUT2D eigenvalue weighted by Crippen LogP contribution is -2.44. The van der Waals surface area contributed by atoms with E-state index in [1.54, 1.807) is 16.9 Å². The van der Waals surface area contributed by atoms with Crippen molar-refractivity contribution in [3.63, 3.8) is 0 Å². The number of rotatable bonds is 8. The van der Waals surface area contributed by atoms with E-state index in [9.17, 15) is 4.79 Å². The molecule has 0 atom stereocenters. The van der Waals surface area contributed by atoms with Gasteiger partial charge in [-0.2, -0.15) is 10.2 Å². The predicted molar refractivity (Wildman–Crippen MR) is 173 cm³/mol. The van der Waals surface area contributed by atoms with E-state index >= 15 is 0 Å². The van der Waals surface area contributed by atoms with Crippen LogP contribution in [0.25, 0.3) is 11.2 Å². The zero-order valence-corrected chi connectivity index (χ0v) is 25.9. The Morgan fingerprint density at radius 2 is 1.87 bits per heavy atom. The number of aryl methyl sites for hydroxylation is 1. The summed E-state index contributed by atoms with van der Waals surface area (Å²) in [7, 11) is 0. The van der Waals surface area contributed by atoms with Crippen molar-refractivity contribution in [3.05, 3.63) is 84.7 Å². The van der Waals surface area contributed by atoms with Crippen LogP contribution < -0.4 is 10.1 Å². The van der Waals surface area contributed by atoms with E-state index in [2.05, 4.69) is 36.4 Å². The Morgan fingerprint density at radius 3 is 2.67 bits per heavy atom. The zero-order chi connectivity index (χ0) is 31.1. The number of carbonyl (C=O) groups excluding carboxylic acids is 1. The highest BCUT2D eigenvalue weighted by atomic mass is 16.5. The third-order valence-electron chi connectivity index (χ3n) is 9.61. The summed E-state index contributed by atoms with van der Waals surface area (Å²) in [5, 5.41) is 12.1. The van der Waals surface area contributed by atoms with E-state index in [-0.39, 0.29) is 5.91 Å². The van der Waals surface area contributed by atoms with Gasteiger partial charge in [-0.3, -0.25) is 9.69 Å². The number of hydrogen-bond acceptors (Lipinski definition) is 9. The van der Waals surface area contributed by atoms with Gasteiger partial charge >= 0.3 is 0 Å². The van der Waals surface area contributed by atoms with Gasteiger partial charge in [-0.15, -0.1) is 0 Å². The van der Waals surface area contributed by atoms with Gasteiger partial charge in [0.2, 0.25) is 5.91 Å². The van der Waals surface area contributed by atoms with Crippen molar-refractivity contribution in [2.75, 3.05) is 51.3 Å². The minimum Gasteiger partial charge on any atom is -0.457 e. The van der Waals surface area contributed by atoms with E-state index < -0.39 is 0 Å².